The van der Waals surface area contributed by atoms with Crippen LogP contribution in [-0.4, -0.2) is 53.3 Å². The molecule has 0 fully saturated rings. The van der Waals surface area contributed by atoms with Crippen molar-refractivity contribution < 1.29 is 9.15 Å². The Kier molecular flexibility index (Phi) is 8.58. The van der Waals surface area contributed by atoms with Gasteiger partial charge in [-0.15, -0.1) is 29.1 Å². The lowest BCUT2D eigenvalue weighted by Crippen LogP contribution is -2.40. The van der Waals surface area contributed by atoms with E-state index >= 15 is 0 Å². The van der Waals surface area contributed by atoms with Crippen LogP contribution in [0.4, 0.5) is 0 Å². The van der Waals surface area contributed by atoms with Gasteiger partial charge in [0.1, 0.15) is 18.2 Å². The minimum atomic E-state index is 0. The molecule has 3 aromatic rings. The Morgan fingerprint density at radius 1 is 1.36 bits per heavy atom. The predicted molar refractivity (Wildman–Crippen MR) is 119 cm³/mol. The molecule has 150 valence electrons. The molecular formula is C18H22ClIN6O2. The van der Waals surface area contributed by atoms with E-state index in [0.717, 1.165) is 11.7 Å². The molecule has 10 heteroatoms. The van der Waals surface area contributed by atoms with Crippen molar-refractivity contribution in [1.82, 2.24) is 25.4 Å². The van der Waals surface area contributed by atoms with E-state index in [-0.39, 0.29) is 24.0 Å². The molecule has 3 rings (SSSR count). The van der Waals surface area contributed by atoms with Crippen molar-refractivity contribution in [1.29, 1.82) is 0 Å². The summed E-state index contributed by atoms with van der Waals surface area (Å²) in [6.07, 6.45) is 1.59. The smallest absolute Gasteiger partial charge is 0.216 e. The fourth-order valence-electron chi connectivity index (χ4n) is 2.40. The van der Waals surface area contributed by atoms with Gasteiger partial charge in [-0.1, -0.05) is 17.7 Å². The Labute approximate surface area is 185 Å². The highest BCUT2D eigenvalue weighted by atomic mass is 127. The number of halogens is 2. The number of likely N-dealkylation sites (N-methyl/N-ethyl adjacent to an activating group) is 1. The maximum atomic E-state index is 5.95. The van der Waals surface area contributed by atoms with Gasteiger partial charge in [-0.25, -0.2) is 4.98 Å². The number of hydrogen-bond acceptors (Lipinski definition) is 5. The zero-order chi connectivity index (χ0) is 19.1. The molecule has 0 radical (unpaired) electrons. The molecule has 0 aliphatic carbocycles. The molecule has 0 unspecified atom stereocenters. The van der Waals surface area contributed by atoms with Gasteiger partial charge in [0, 0.05) is 19.1 Å². The lowest BCUT2D eigenvalue weighted by Gasteiger charge is -2.21. The van der Waals surface area contributed by atoms with Crippen LogP contribution in [0.3, 0.4) is 0 Å². The number of ether oxygens (including phenoxy) is 1. The van der Waals surface area contributed by atoms with Gasteiger partial charge in [0.25, 0.3) is 0 Å². The first-order valence-corrected chi connectivity index (χ1v) is 8.79. The lowest BCUT2D eigenvalue weighted by molar-refractivity contribution is 0.281. The van der Waals surface area contributed by atoms with Crippen molar-refractivity contribution in [3.05, 3.63) is 53.5 Å². The number of aliphatic imine (C=N–C) groups is 1. The minimum Gasteiger partial charge on any atom is -0.492 e. The normalized spacial score (nSPS) is 11.0. The highest BCUT2D eigenvalue weighted by Crippen LogP contribution is 2.17. The molecule has 28 heavy (non-hydrogen) atoms. The molecule has 2 aromatic heterocycles. The molecule has 0 atom stereocenters. The Morgan fingerprint density at radius 2 is 2.21 bits per heavy atom. The molecule has 0 spiro atoms. The van der Waals surface area contributed by atoms with Gasteiger partial charge in [0.2, 0.25) is 5.82 Å². The van der Waals surface area contributed by atoms with E-state index in [1.54, 1.807) is 25.4 Å². The summed E-state index contributed by atoms with van der Waals surface area (Å²) < 4.78 is 11.0. The molecule has 2 heterocycles. The molecular weight excluding hydrogens is 495 g/mol. The standard InChI is InChI=1S/C18H21ClN6O2.HI/c1-20-18(25(2)8-10-26-14-6-3-5-13(19)11-14)21-12-16-22-17(24-23-16)15-7-4-9-27-15;/h3-7,9,11H,8,10,12H2,1-2H3,(H,20,21)(H,22,23,24);1H. The highest BCUT2D eigenvalue weighted by molar-refractivity contribution is 14.0. The van der Waals surface area contributed by atoms with Crippen LogP contribution >= 0.6 is 35.6 Å². The van der Waals surface area contributed by atoms with Crippen LogP contribution < -0.4 is 10.1 Å². The maximum Gasteiger partial charge on any atom is 0.216 e. The van der Waals surface area contributed by atoms with E-state index in [9.17, 15) is 0 Å². The van der Waals surface area contributed by atoms with Crippen molar-refractivity contribution in [2.75, 3.05) is 27.2 Å². The zero-order valence-electron chi connectivity index (χ0n) is 15.6. The fourth-order valence-corrected chi connectivity index (χ4v) is 2.58. The third kappa shape index (κ3) is 6.13. The van der Waals surface area contributed by atoms with E-state index in [0.29, 0.717) is 42.1 Å². The van der Waals surface area contributed by atoms with Gasteiger partial charge in [-0.05, 0) is 30.3 Å². The molecule has 8 nitrogen and oxygen atoms in total. The van der Waals surface area contributed by atoms with Crippen LogP contribution in [0.25, 0.3) is 11.6 Å². The van der Waals surface area contributed by atoms with E-state index in [1.165, 1.54) is 0 Å². The predicted octanol–water partition coefficient (Wildman–Crippen LogP) is 3.42. The number of guanidine groups is 1. The Bertz CT molecular complexity index is 884. The number of rotatable bonds is 7. The van der Waals surface area contributed by atoms with Crippen LogP contribution in [0, 0.1) is 0 Å². The first kappa shape index (κ1) is 22.0. The van der Waals surface area contributed by atoms with Crippen molar-refractivity contribution >= 4 is 41.5 Å². The molecule has 0 amide bonds. The number of nitrogens with zero attached hydrogens (tertiary/aromatic N) is 4. The summed E-state index contributed by atoms with van der Waals surface area (Å²) in [4.78, 5) is 10.6. The Balaban J connectivity index is 0.00000280. The molecule has 0 saturated heterocycles. The van der Waals surface area contributed by atoms with E-state index in [1.807, 2.05) is 36.2 Å². The second-order valence-electron chi connectivity index (χ2n) is 5.71. The Morgan fingerprint density at radius 3 is 2.93 bits per heavy atom. The summed E-state index contributed by atoms with van der Waals surface area (Å²) in [5, 5.41) is 10.9. The average molecular weight is 517 g/mol. The van der Waals surface area contributed by atoms with E-state index < -0.39 is 0 Å². The molecule has 0 saturated carbocycles. The summed E-state index contributed by atoms with van der Waals surface area (Å²) in [7, 11) is 3.66. The average Bonchev–Trinajstić information content (AvgIpc) is 3.34. The monoisotopic (exact) mass is 516 g/mol. The van der Waals surface area contributed by atoms with Crippen molar-refractivity contribution in [2.24, 2.45) is 4.99 Å². The number of aromatic amines is 1. The van der Waals surface area contributed by atoms with Gasteiger partial charge in [-0.2, -0.15) is 0 Å². The summed E-state index contributed by atoms with van der Waals surface area (Å²) in [5.41, 5.74) is 0. The minimum absolute atomic E-state index is 0. The summed E-state index contributed by atoms with van der Waals surface area (Å²) in [6, 6.07) is 10.9. The summed E-state index contributed by atoms with van der Waals surface area (Å²) in [5.74, 6) is 3.30. The van der Waals surface area contributed by atoms with E-state index in [2.05, 4.69) is 25.5 Å². The third-order valence-electron chi connectivity index (χ3n) is 3.75. The lowest BCUT2D eigenvalue weighted by atomic mass is 10.3. The molecule has 2 N–H and O–H groups in total. The van der Waals surface area contributed by atoms with Gasteiger partial charge < -0.3 is 19.4 Å². The van der Waals surface area contributed by atoms with Gasteiger partial charge in [-0.3, -0.25) is 10.1 Å². The zero-order valence-corrected chi connectivity index (χ0v) is 18.6. The maximum absolute atomic E-state index is 5.95. The summed E-state index contributed by atoms with van der Waals surface area (Å²) in [6.45, 7) is 1.61. The second-order valence-corrected chi connectivity index (χ2v) is 6.15. The number of furan rings is 1. The SMILES string of the molecule is CN=C(NCc1nc(-c2ccco2)n[nH]1)N(C)CCOc1cccc(Cl)c1.I. The number of H-pyrrole nitrogens is 1. The topological polar surface area (TPSA) is 91.6 Å². The molecule has 1 aromatic carbocycles. The van der Waals surface area contributed by atoms with Crippen LogP contribution in [-0.2, 0) is 6.54 Å². The summed E-state index contributed by atoms with van der Waals surface area (Å²) >= 11 is 5.95. The first-order valence-electron chi connectivity index (χ1n) is 8.41. The van der Waals surface area contributed by atoms with E-state index in [4.69, 9.17) is 20.8 Å². The number of nitrogens with one attached hydrogen (secondary N) is 2. The number of aromatic nitrogens is 3. The van der Waals surface area contributed by atoms with Gasteiger partial charge in [0.05, 0.1) is 19.4 Å². The Hall–Kier alpha value is -2.27. The van der Waals surface area contributed by atoms with Crippen LogP contribution in [0.15, 0.2) is 52.1 Å². The van der Waals surface area contributed by atoms with Crippen molar-refractivity contribution in [2.45, 2.75) is 6.54 Å². The molecule has 0 aliphatic heterocycles. The van der Waals surface area contributed by atoms with Gasteiger partial charge in [0.15, 0.2) is 11.7 Å². The van der Waals surface area contributed by atoms with Crippen molar-refractivity contribution in [3.63, 3.8) is 0 Å². The largest absolute Gasteiger partial charge is 0.492 e. The first-order chi connectivity index (χ1) is 13.2. The molecule has 0 bridgehead atoms. The quantitative estimate of drug-likeness (QED) is 0.284. The fraction of sp³-hybridized carbons (Fsp3) is 0.278. The third-order valence-corrected chi connectivity index (χ3v) is 3.99. The number of hydrogen-bond donors (Lipinski definition) is 2. The van der Waals surface area contributed by atoms with Crippen LogP contribution in [0.2, 0.25) is 5.02 Å². The molecule has 0 aliphatic rings. The van der Waals surface area contributed by atoms with Crippen molar-refractivity contribution in [3.8, 4) is 17.3 Å². The second kappa shape index (κ2) is 10.9. The highest BCUT2D eigenvalue weighted by Gasteiger charge is 2.10. The van der Waals surface area contributed by atoms with Crippen LogP contribution in [0.5, 0.6) is 5.75 Å². The van der Waals surface area contributed by atoms with Gasteiger partial charge >= 0.3 is 0 Å². The van der Waals surface area contributed by atoms with Crippen LogP contribution in [0.1, 0.15) is 5.82 Å². The number of benzene rings is 1.